The Labute approximate surface area is 166 Å². The van der Waals surface area contributed by atoms with Gasteiger partial charge < -0.3 is 9.64 Å². The molecule has 2 heterocycles. The molecule has 0 radical (unpaired) electrons. The molecular weight excluding hydrogens is 356 g/mol. The molecule has 0 aliphatic carbocycles. The summed E-state index contributed by atoms with van der Waals surface area (Å²) < 4.78 is 5.38. The monoisotopic (exact) mass is 386 g/mol. The molecule has 0 atom stereocenters. The Hall–Kier alpha value is -1.85. The maximum atomic E-state index is 13.1. The lowest BCUT2D eigenvalue weighted by molar-refractivity contribution is -0.120. The Morgan fingerprint density at radius 1 is 1.30 bits per heavy atom. The number of likely N-dealkylation sites (tertiary alicyclic amines) is 1. The SMILES string of the molecule is COc1cccc(N(C(=O)CC(C)C)C2CCN(Cc3ccsc3)CC2)c1. The lowest BCUT2D eigenvalue weighted by Gasteiger charge is -2.39. The molecule has 5 heteroatoms. The quantitative estimate of drug-likeness (QED) is 0.685. The maximum absolute atomic E-state index is 13.1. The van der Waals surface area contributed by atoms with Crippen molar-refractivity contribution in [2.24, 2.45) is 5.92 Å². The van der Waals surface area contributed by atoms with Crippen LogP contribution in [0, 0.1) is 5.92 Å². The fraction of sp³-hybridized carbons (Fsp3) is 0.500. The number of carbonyl (C=O) groups is 1. The van der Waals surface area contributed by atoms with Crippen molar-refractivity contribution in [2.45, 2.75) is 45.7 Å². The normalized spacial score (nSPS) is 15.9. The third-order valence-corrected chi connectivity index (χ3v) is 5.82. The van der Waals surface area contributed by atoms with E-state index in [0.29, 0.717) is 12.3 Å². The van der Waals surface area contributed by atoms with Gasteiger partial charge in [0, 0.05) is 43.9 Å². The Morgan fingerprint density at radius 2 is 2.07 bits per heavy atom. The third-order valence-electron chi connectivity index (χ3n) is 5.09. The van der Waals surface area contributed by atoms with Crippen molar-refractivity contribution in [3.8, 4) is 5.75 Å². The van der Waals surface area contributed by atoms with Crippen LogP contribution in [0.5, 0.6) is 5.75 Å². The summed E-state index contributed by atoms with van der Waals surface area (Å²) in [4.78, 5) is 17.6. The van der Waals surface area contributed by atoms with Crippen molar-refractivity contribution in [1.29, 1.82) is 0 Å². The van der Waals surface area contributed by atoms with E-state index in [0.717, 1.165) is 43.9 Å². The number of methoxy groups -OCH3 is 1. The average molecular weight is 387 g/mol. The fourth-order valence-corrected chi connectivity index (χ4v) is 4.40. The van der Waals surface area contributed by atoms with Crippen LogP contribution in [0.25, 0.3) is 0 Å². The summed E-state index contributed by atoms with van der Waals surface area (Å²) in [6, 6.07) is 10.4. The van der Waals surface area contributed by atoms with E-state index in [9.17, 15) is 4.79 Å². The Kier molecular flexibility index (Phi) is 6.91. The van der Waals surface area contributed by atoms with E-state index in [1.807, 2.05) is 29.2 Å². The van der Waals surface area contributed by atoms with E-state index in [4.69, 9.17) is 4.74 Å². The highest BCUT2D eigenvalue weighted by Crippen LogP contribution is 2.29. The molecule has 0 spiro atoms. The molecule has 0 unspecified atom stereocenters. The number of benzene rings is 1. The second-order valence-corrected chi connectivity index (χ2v) is 8.48. The molecule has 146 valence electrons. The molecule has 4 nitrogen and oxygen atoms in total. The molecule has 1 aromatic heterocycles. The van der Waals surface area contributed by atoms with Crippen LogP contribution in [0.3, 0.4) is 0 Å². The number of piperidine rings is 1. The van der Waals surface area contributed by atoms with Gasteiger partial charge in [-0.05, 0) is 53.3 Å². The van der Waals surface area contributed by atoms with Gasteiger partial charge in [0.05, 0.1) is 7.11 Å². The van der Waals surface area contributed by atoms with Crippen LogP contribution in [0.2, 0.25) is 0 Å². The standard InChI is InChI=1S/C22H30N2O2S/c1-17(2)13-22(25)24(20-5-4-6-21(14-20)26-3)19-7-10-23(11-8-19)15-18-9-12-27-16-18/h4-6,9,12,14,16-17,19H,7-8,10-11,13,15H2,1-3H3. The molecule has 1 aromatic carbocycles. The summed E-state index contributed by atoms with van der Waals surface area (Å²) in [7, 11) is 1.67. The summed E-state index contributed by atoms with van der Waals surface area (Å²) in [6.07, 6.45) is 2.59. The first-order chi connectivity index (χ1) is 13.1. The van der Waals surface area contributed by atoms with Crippen LogP contribution in [0.15, 0.2) is 41.1 Å². The van der Waals surface area contributed by atoms with Crippen molar-refractivity contribution in [2.75, 3.05) is 25.1 Å². The van der Waals surface area contributed by atoms with Crippen LogP contribution in [0.4, 0.5) is 5.69 Å². The summed E-state index contributed by atoms with van der Waals surface area (Å²) in [5, 5.41) is 4.36. The minimum Gasteiger partial charge on any atom is -0.497 e. The molecule has 1 saturated heterocycles. The summed E-state index contributed by atoms with van der Waals surface area (Å²) in [6.45, 7) is 7.26. The fourth-order valence-electron chi connectivity index (χ4n) is 3.74. The van der Waals surface area contributed by atoms with Crippen molar-refractivity contribution < 1.29 is 9.53 Å². The highest BCUT2D eigenvalue weighted by Gasteiger charge is 2.29. The number of amides is 1. The Balaban J connectivity index is 1.72. The molecule has 1 aliphatic heterocycles. The highest BCUT2D eigenvalue weighted by molar-refractivity contribution is 7.07. The predicted octanol–water partition coefficient (Wildman–Crippen LogP) is 4.80. The molecule has 3 rings (SSSR count). The van der Waals surface area contributed by atoms with E-state index in [-0.39, 0.29) is 11.9 Å². The van der Waals surface area contributed by atoms with Gasteiger partial charge >= 0.3 is 0 Å². The summed E-state index contributed by atoms with van der Waals surface area (Å²) >= 11 is 1.75. The number of rotatable bonds is 7. The van der Waals surface area contributed by atoms with Gasteiger partial charge in [-0.2, -0.15) is 11.3 Å². The lowest BCUT2D eigenvalue weighted by atomic mass is 10.00. The molecule has 1 amide bonds. The molecule has 0 bridgehead atoms. The van der Waals surface area contributed by atoms with Crippen LogP contribution >= 0.6 is 11.3 Å². The smallest absolute Gasteiger partial charge is 0.227 e. The summed E-state index contributed by atoms with van der Waals surface area (Å²) in [5.41, 5.74) is 2.34. The molecule has 0 saturated carbocycles. The lowest BCUT2D eigenvalue weighted by Crippen LogP contribution is -2.47. The number of nitrogens with zero attached hydrogens (tertiary/aromatic N) is 2. The van der Waals surface area contributed by atoms with Gasteiger partial charge in [-0.15, -0.1) is 0 Å². The maximum Gasteiger partial charge on any atom is 0.227 e. The highest BCUT2D eigenvalue weighted by atomic mass is 32.1. The number of carbonyl (C=O) groups excluding carboxylic acids is 1. The van der Waals surface area contributed by atoms with Crippen LogP contribution in [0.1, 0.15) is 38.7 Å². The molecule has 1 aliphatic rings. The van der Waals surface area contributed by atoms with Crippen molar-refractivity contribution in [1.82, 2.24) is 4.90 Å². The Bertz CT molecular complexity index is 722. The van der Waals surface area contributed by atoms with E-state index in [1.54, 1.807) is 18.4 Å². The van der Waals surface area contributed by atoms with E-state index < -0.39 is 0 Å². The zero-order chi connectivity index (χ0) is 19.2. The van der Waals surface area contributed by atoms with Gasteiger partial charge in [0.1, 0.15) is 5.75 Å². The molecule has 0 N–H and O–H groups in total. The van der Waals surface area contributed by atoms with E-state index >= 15 is 0 Å². The predicted molar refractivity (Wildman–Crippen MR) is 113 cm³/mol. The molecule has 2 aromatic rings. The Morgan fingerprint density at radius 3 is 2.70 bits per heavy atom. The number of hydrogen-bond donors (Lipinski definition) is 0. The van der Waals surface area contributed by atoms with Crippen molar-refractivity contribution in [3.05, 3.63) is 46.7 Å². The second kappa shape index (κ2) is 9.38. The van der Waals surface area contributed by atoms with Gasteiger partial charge in [-0.1, -0.05) is 19.9 Å². The molecule has 27 heavy (non-hydrogen) atoms. The molecular formula is C22H30N2O2S. The first-order valence-corrected chi connectivity index (χ1v) is 10.7. The zero-order valence-electron chi connectivity index (χ0n) is 16.6. The van der Waals surface area contributed by atoms with Gasteiger partial charge in [0.25, 0.3) is 0 Å². The largest absolute Gasteiger partial charge is 0.497 e. The first-order valence-electron chi connectivity index (χ1n) is 9.76. The topological polar surface area (TPSA) is 32.8 Å². The minimum atomic E-state index is 0.217. The summed E-state index contributed by atoms with van der Waals surface area (Å²) in [5.74, 6) is 1.36. The van der Waals surface area contributed by atoms with Gasteiger partial charge in [-0.25, -0.2) is 0 Å². The van der Waals surface area contributed by atoms with E-state index in [1.165, 1.54) is 5.56 Å². The second-order valence-electron chi connectivity index (χ2n) is 7.70. The van der Waals surface area contributed by atoms with Crippen LogP contribution < -0.4 is 9.64 Å². The van der Waals surface area contributed by atoms with Crippen LogP contribution in [-0.4, -0.2) is 37.0 Å². The van der Waals surface area contributed by atoms with Crippen LogP contribution in [-0.2, 0) is 11.3 Å². The average Bonchev–Trinajstić information content (AvgIpc) is 3.16. The number of anilines is 1. The zero-order valence-corrected chi connectivity index (χ0v) is 17.4. The first kappa shape index (κ1) is 19.9. The van der Waals surface area contributed by atoms with Crippen molar-refractivity contribution in [3.63, 3.8) is 0 Å². The third kappa shape index (κ3) is 5.33. The number of ether oxygens (including phenoxy) is 1. The number of hydrogen-bond acceptors (Lipinski definition) is 4. The van der Waals surface area contributed by atoms with Gasteiger partial charge in [0.2, 0.25) is 5.91 Å². The van der Waals surface area contributed by atoms with Gasteiger partial charge in [0.15, 0.2) is 0 Å². The molecule has 1 fully saturated rings. The number of thiophene rings is 1. The van der Waals surface area contributed by atoms with E-state index in [2.05, 4.69) is 35.6 Å². The van der Waals surface area contributed by atoms with Crippen molar-refractivity contribution >= 4 is 22.9 Å². The van der Waals surface area contributed by atoms with Gasteiger partial charge in [-0.3, -0.25) is 9.69 Å². The minimum absolute atomic E-state index is 0.217.